The summed E-state index contributed by atoms with van der Waals surface area (Å²) in [5, 5.41) is 0. The summed E-state index contributed by atoms with van der Waals surface area (Å²) in [6.07, 6.45) is 0. The van der Waals surface area contributed by atoms with Crippen molar-refractivity contribution in [2.24, 2.45) is 5.92 Å². The molecule has 80 valence electrons. The van der Waals surface area contributed by atoms with Crippen LogP contribution in [-0.4, -0.2) is 11.4 Å². The Morgan fingerprint density at radius 2 is 2.07 bits per heavy atom. The molecule has 0 saturated heterocycles. The van der Waals surface area contributed by atoms with Crippen LogP contribution in [0.2, 0.25) is 0 Å². The molecule has 0 radical (unpaired) electrons. The smallest absolute Gasteiger partial charge is 0.173 e. The molecule has 15 heavy (non-hydrogen) atoms. The highest BCUT2D eigenvalue weighted by molar-refractivity contribution is 9.10. The molecule has 0 N–H and O–H groups in total. The van der Waals surface area contributed by atoms with Gasteiger partial charge >= 0.3 is 0 Å². The second-order valence-corrected chi connectivity index (χ2v) is 5.35. The largest absolute Gasteiger partial charge is 0.486 e. The number of carbonyl (C=O) groups is 1. The van der Waals surface area contributed by atoms with Gasteiger partial charge in [0.05, 0.1) is 11.5 Å². The third-order valence-electron chi connectivity index (χ3n) is 3.02. The number of carbonyl (C=O) groups excluding carboxylic acids is 1. The van der Waals surface area contributed by atoms with Crippen LogP contribution in [0.15, 0.2) is 22.7 Å². The lowest BCUT2D eigenvalue weighted by Gasteiger charge is -2.37. The van der Waals surface area contributed by atoms with Gasteiger partial charge < -0.3 is 4.74 Å². The van der Waals surface area contributed by atoms with E-state index in [1.165, 1.54) is 0 Å². The molecule has 0 fully saturated rings. The van der Waals surface area contributed by atoms with E-state index in [1.54, 1.807) is 0 Å². The first-order valence-electron chi connectivity index (χ1n) is 4.94. The predicted octanol–water partition coefficient (Wildman–Crippen LogP) is 3.44. The Kier molecular flexibility index (Phi) is 2.38. The van der Waals surface area contributed by atoms with E-state index in [0.29, 0.717) is 11.3 Å². The quantitative estimate of drug-likeness (QED) is 0.721. The van der Waals surface area contributed by atoms with Gasteiger partial charge in [0.2, 0.25) is 0 Å². The number of halogens is 1. The second kappa shape index (κ2) is 3.34. The Morgan fingerprint density at radius 3 is 2.73 bits per heavy atom. The van der Waals surface area contributed by atoms with Crippen molar-refractivity contribution >= 4 is 21.7 Å². The van der Waals surface area contributed by atoms with Gasteiger partial charge in [0.1, 0.15) is 11.4 Å². The molecule has 0 saturated carbocycles. The lowest BCUT2D eigenvalue weighted by Crippen LogP contribution is -2.44. The third-order valence-corrected chi connectivity index (χ3v) is 3.51. The molecule has 1 atom stereocenters. The van der Waals surface area contributed by atoms with Crippen LogP contribution >= 0.6 is 15.9 Å². The van der Waals surface area contributed by atoms with Crippen molar-refractivity contribution in [3.05, 3.63) is 28.2 Å². The number of hydrogen-bond donors (Lipinski definition) is 0. The summed E-state index contributed by atoms with van der Waals surface area (Å²) in [6, 6.07) is 5.55. The van der Waals surface area contributed by atoms with E-state index >= 15 is 0 Å². The molecule has 2 nitrogen and oxygen atoms in total. The van der Waals surface area contributed by atoms with Crippen LogP contribution < -0.4 is 4.74 Å². The maximum absolute atomic E-state index is 12.1. The van der Waals surface area contributed by atoms with E-state index in [0.717, 1.165) is 4.47 Å². The Balaban J connectivity index is 2.55. The van der Waals surface area contributed by atoms with Gasteiger partial charge in [0, 0.05) is 4.47 Å². The maximum atomic E-state index is 12.1. The fourth-order valence-electron chi connectivity index (χ4n) is 1.70. The molecule has 2 rings (SSSR count). The number of rotatable bonds is 0. The normalized spacial score (nSPS) is 23.2. The predicted molar refractivity (Wildman–Crippen MR) is 62.3 cm³/mol. The Bertz CT molecular complexity index is 424. The van der Waals surface area contributed by atoms with Crippen LogP contribution in [0, 0.1) is 5.92 Å². The monoisotopic (exact) mass is 268 g/mol. The second-order valence-electron chi connectivity index (χ2n) is 4.43. The third kappa shape index (κ3) is 1.69. The highest BCUT2D eigenvalue weighted by Crippen LogP contribution is 2.37. The Hall–Kier alpha value is -0.830. The van der Waals surface area contributed by atoms with E-state index in [4.69, 9.17) is 4.74 Å². The minimum atomic E-state index is -0.419. The molecule has 0 spiro atoms. The van der Waals surface area contributed by atoms with E-state index in [9.17, 15) is 4.79 Å². The number of ketones is 1. The molecule has 1 aliphatic heterocycles. The molecular formula is C12H13BrO2. The van der Waals surface area contributed by atoms with E-state index < -0.39 is 5.60 Å². The van der Waals surface area contributed by atoms with E-state index in [1.807, 2.05) is 39.0 Å². The van der Waals surface area contributed by atoms with Crippen LogP contribution in [-0.2, 0) is 0 Å². The summed E-state index contributed by atoms with van der Waals surface area (Å²) in [6.45, 7) is 5.80. The van der Waals surface area contributed by atoms with Crippen LogP contribution in [0.1, 0.15) is 31.1 Å². The average Bonchev–Trinajstić information content (AvgIpc) is 2.16. The fraction of sp³-hybridized carbons (Fsp3) is 0.417. The zero-order valence-corrected chi connectivity index (χ0v) is 10.6. The summed E-state index contributed by atoms with van der Waals surface area (Å²) in [5.41, 5.74) is 0.258. The number of benzene rings is 1. The fourth-order valence-corrected chi connectivity index (χ4v) is 2.07. The topological polar surface area (TPSA) is 26.3 Å². The molecule has 0 aliphatic carbocycles. The molecule has 1 unspecified atom stereocenters. The lowest BCUT2D eigenvalue weighted by molar-refractivity contribution is 0.0319. The molecular weight excluding hydrogens is 256 g/mol. The summed E-state index contributed by atoms with van der Waals surface area (Å²) in [5.74, 6) is 0.730. The van der Waals surface area contributed by atoms with Crippen LogP contribution in [0.5, 0.6) is 5.75 Å². The van der Waals surface area contributed by atoms with Crippen molar-refractivity contribution in [2.45, 2.75) is 26.4 Å². The van der Waals surface area contributed by atoms with Gasteiger partial charge in [-0.1, -0.05) is 22.9 Å². The molecule has 0 aromatic heterocycles. The maximum Gasteiger partial charge on any atom is 0.173 e. The Morgan fingerprint density at radius 1 is 1.40 bits per heavy atom. The lowest BCUT2D eigenvalue weighted by atomic mass is 9.83. The minimum Gasteiger partial charge on any atom is -0.486 e. The summed E-state index contributed by atoms with van der Waals surface area (Å²) >= 11 is 3.36. The molecule has 1 aromatic rings. The molecule has 1 heterocycles. The van der Waals surface area contributed by atoms with E-state index in [2.05, 4.69) is 15.9 Å². The summed E-state index contributed by atoms with van der Waals surface area (Å²) < 4.78 is 6.72. The molecule has 0 amide bonds. The Labute approximate surface area is 97.8 Å². The molecule has 1 aliphatic rings. The SMILES string of the molecule is CC1C(=O)c2cc(Br)ccc2OC1(C)C. The van der Waals surface area contributed by atoms with Gasteiger partial charge in [-0.3, -0.25) is 4.79 Å². The van der Waals surface area contributed by atoms with Gasteiger partial charge in [-0.15, -0.1) is 0 Å². The van der Waals surface area contributed by atoms with Gasteiger partial charge in [-0.25, -0.2) is 0 Å². The first-order chi connectivity index (χ1) is 6.92. The molecule has 1 aromatic carbocycles. The van der Waals surface area contributed by atoms with Crippen LogP contribution in [0.4, 0.5) is 0 Å². The van der Waals surface area contributed by atoms with Crippen molar-refractivity contribution in [2.75, 3.05) is 0 Å². The number of Topliss-reactive ketones (excluding diaryl/α,β-unsaturated/α-hetero) is 1. The first-order valence-corrected chi connectivity index (χ1v) is 5.74. The average molecular weight is 269 g/mol. The van der Waals surface area contributed by atoms with Crippen molar-refractivity contribution in [3.63, 3.8) is 0 Å². The van der Waals surface area contributed by atoms with Crippen molar-refractivity contribution in [1.29, 1.82) is 0 Å². The zero-order valence-electron chi connectivity index (χ0n) is 9.00. The van der Waals surface area contributed by atoms with Gasteiger partial charge in [-0.2, -0.15) is 0 Å². The summed E-state index contributed by atoms with van der Waals surface area (Å²) in [7, 11) is 0. The highest BCUT2D eigenvalue weighted by Gasteiger charge is 2.39. The molecule has 0 bridgehead atoms. The summed E-state index contributed by atoms with van der Waals surface area (Å²) in [4.78, 5) is 12.1. The zero-order chi connectivity index (χ0) is 11.2. The minimum absolute atomic E-state index is 0.112. The van der Waals surface area contributed by atoms with Crippen molar-refractivity contribution in [1.82, 2.24) is 0 Å². The number of ether oxygens (including phenoxy) is 1. The number of hydrogen-bond acceptors (Lipinski definition) is 2. The van der Waals surface area contributed by atoms with Gasteiger partial charge in [-0.05, 0) is 32.0 Å². The van der Waals surface area contributed by atoms with Crippen LogP contribution in [0.25, 0.3) is 0 Å². The van der Waals surface area contributed by atoms with Crippen molar-refractivity contribution < 1.29 is 9.53 Å². The highest BCUT2D eigenvalue weighted by atomic mass is 79.9. The number of fused-ring (bicyclic) bond motifs is 1. The van der Waals surface area contributed by atoms with Crippen molar-refractivity contribution in [3.8, 4) is 5.75 Å². The van der Waals surface area contributed by atoms with E-state index in [-0.39, 0.29) is 11.7 Å². The van der Waals surface area contributed by atoms with Gasteiger partial charge in [0.25, 0.3) is 0 Å². The standard InChI is InChI=1S/C12H13BrO2/c1-7-11(14)9-6-8(13)4-5-10(9)15-12(7,2)3/h4-7H,1-3H3. The molecule has 3 heteroatoms. The van der Waals surface area contributed by atoms with Gasteiger partial charge in [0.15, 0.2) is 5.78 Å². The first kappa shape index (κ1) is 10.7. The van der Waals surface area contributed by atoms with Crippen LogP contribution in [0.3, 0.4) is 0 Å².